The molecule has 1 aliphatic carbocycles. The van der Waals surface area contributed by atoms with Crippen LogP contribution in [0.25, 0.3) is 16.9 Å². The normalized spacial score (nSPS) is 14.5. The first-order valence-corrected chi connectivity index (χ1v) is 12.5. The van der Waals surface area contributed by atoms with Crippen molar-refractivity contribution in [2.75, 3.05) is 11.9 Å². The van der Waals surface area contributed by atoms with E-state index in [1.165, 1.54) is 49.0 Å². The molecule has 4 rings (SSSR count). The molecule has 5 nitrogen and oxygen atoms in total. The lowest BCUT2D eigenvalue weighted by Gasteiger charge is -2.20. The van der Waals surface area contributed by atoms with Crippen LogP contribution in [0.4, 0.5) is 19.0 Å². The maximum atomic E-state index is 10.6. The van der Waals surface area contributed by atoms with E-state index in [0.29, 0.717) is 0 Å². The van der Waals surface area contributed by atoms with Gasteiger partial charge in [0.05, 0.1) is 0 Å². The van der Waals surface area contributed by atoms with Crippen LogP contribution in [0.2, 0.25) is 0 Å². The number of pyridine rings is 1. The van der Waals surface area contributed by atoms with E-state index in [9.17, 15) is 13.2 Å². The number of carboxylic acid groups (broad SMARTS) is 1. The summed E-state index contributed by atoms with van der Waals surface area (Å²) < 4.78 is 33.9. The van der Waals surface area contributed by atoms with Crippen LogP contribution in [0.5, 0.6) is 0 Å². The number of anilines is 1. The average Bonchev–Trinajstić information content (AvgIpc) is 3.19. The number of carboxylic acids is 1. The van der Waals surface area contributed by atoms with Crippen LogP contribution in [0, 0.1) is 0 Å². The predicted molar refractivity (Wildman–Crippen MR) is 130 cm³/mol. The molecule has 0 bridgehead atoms. The van der Waals surface area contributed by atoms with Crippen LogP contribution in [-0.2, 0) is 4.79 Å². The molecule has 0 aliphatic heterocycles. The lowest BCUT2D eigenvalue weighted by Crippen LogP contribution is -2.21. The van der Waals surface area contributed by atoms with Crippen molar-refractivity contribution >= 4 is 29.2 Å². The van der Waals surface area contributed by atoms with Gasteiger partial charge in [-0.15, -0.1) is 11.8 Å². The summed E-state index contributed by atoms with van der Waals surface area (Å²) in [4.78, 5) is 15.2. The van der Waals surface area contributed by atoms with Crippen molar-refractivity contribution in [3.05, 3.63) is 48.7 Å². The highest BCUT2D eigenvalue weighted by Crippen LogP contribution is 2.35. The highest BCUT2D eigenvalue weighted by Gasteiger charge is 2.38. The molecule has 1 aliphatic rings. The van der Waals surface area contributed by atoms with E-state index in [-0.39, 0.29) is 0 Å². The number of hydrogen-bond donors (Lipinski definition) is 2. The molecule has 0 amide bonds. The number of aromatic nitrogens is 2. The van der Waals surface area contributed by atoms with Gasteiger partial charge >= 0.3 is 12.1 Å². The van der Waals surface area contributed by atoms with Crippen molar-refractivity contribution in [2.45, 2.75) is 68.2 Å². The lowest BCUT2D eigenvalue weighted by atomic mass is 10.0. The Bertz CT molecular complexity index is 1060. The predicted octanol–water partition coefficient (Wildman–Crippen LogP) is 7.27. The van der Waals surface area contributed by atoms with Gasteiger partial charge in [0.2, 0.25) is 0 Å². The maximum Gasteiger partial charge on any atom is 0.490 e. The Morgan fingerprint density at radius 2 is 1.82 bits per heavy atom. The Morgan fingerprint density at radius 1 is 1.15 bits per heavy atom. The molecule has 0 radical (unpaired) electrons. The third kappa shape index (κ3) is 7.16. The van der Waals surface area contributed by atoms with Gasteiger partial charge in [0.15, 0.2) is 0 Å². The third-order valence-electron chi connectivity index (χ3n) is 5.58. The van der Waals surface area contributed by atoms with E-state index < -0.39 is 12.1 Å². The molecule has 2 heterocycles. The summed E-state index contributed by atoms with van der Waals surface area (Å²) in [5, 5.41) is 11.5. The van der Waals surface area contributed by atoms with Crippen molar-refractivity contribution < 1.29 is 23.1 Å². The molecule has 0 unspecified atom stereocenters. The summed E-state index contributed by atoms with van der Waals surface area (Å²) in [6.45, 7) is 3.20. The average molecular weight is 494 g/mol. The van der Waals surface area contributed by atoms with E-state index in [0.717, 1.165) is 35.4 Å². The fourth-order valence-electron chi connectivity index (χ4n) is 3.82. The number of benzene rings is 1. The van der Waals surface area contributed by atoms with Gasteiger partial charge < -0.3 is 10.4 Å². The second kappa shape index (κ2) is 12.1. The molecular weight excluding hydrogens is 463 g/mol. The molecule has 184 valence electrons. The summed E-state index contributed by atoms with van der Waals surface area (Å²) >= 11 is 2.05. The number of nitrogens with zero attached hydrogens (tertiary/aromatic N) is 2. The molecule has 3 aromatic rings. The third-order valence-corrected chi connectivity index (χ3v) is 6.93. The number of nitrogens with one attached hydrogen (secondary N) is 1. The van der Waals surface area contributed by atoms with Gasteiger partial charge in [-0.05, 0) is 43.5 Å². The summed E-state index contributed by atoms with van der Waals surface area (Å²) in [7, 11) is 0. The molecule has 9 heteroatoms. The Kier molecular flexibility index (Phi) is 9.27. The largest absolute Gasteiger partial charge is 0.490 e. The number of fused-ring (bicyclic) bond motifs is 1. The second-order valence-electron chi connectivity index (χ2n) is 8.22. The number of rotatable bonds is 7. The fraction of sp³-hybridized carbons (Fsp3) is 0.440. The number of thioether (sulfide) groups is 1. The van der Waals surface area contributed by atoms with E-state index in [2.05, 4.69) is 71.0 Å². The molecule has 0 atom stereocenters. The zero-order valence-electron chi connectivity index (χ0n) is 19.1. The zero-order valence-corrected chi connectivity index (χ0v) is 20.0. The van der Waals surface area contributed by atoms with Crippen LogP contribution in [0.1, 0.15) is 51.9 Å². The topological polar surface area (TPSA) is 66.6 Å². The molecule has 1 saturated carbocycles. The van der Waals surface area contributed by atoms with E-state index >= 15 is 0 Å². The standard InChI is InChI=1S/C23H29N3S.C2HF3O2/c1-2-3-16-24-23-22(25-21-11-7-8-17-26(21)23)18-12-14-20(15-13-18)27-19-9-5-4-6-10-19;3-2(4,5)1(6)7/h7-8,11-15,17,19,24H,2-6,9-10,16H2,1H3;(H,6,7). The molecule has 2 N–H and O–H groups in total. The lowest BCUT2D eigenvalue weighted by molar-refractivity contribution is -0.192. The summed E-state index contributed by atoms with van der Waals surface area (Å²) in [6, 6.07) is 15.2. The van der Waals surface area contributed by atoms with Crippen molar-refractivity contribution in [3.63, 3.8) is 0 Å². The molecule has 1 fully saturated rings. The summed E-state index contributed by atoms with van der Waals surface area (Å²) in [5.41, 5.74) is 3.23. The number of aliphatic carboxylic acids is 1. The SMILES string of the molecule is CCCCNc1c(-c2ccc(SC3CCCCC3)cc2)nc2ccccn12.O=C(O)C(F)(F)F. The van der Waals surface area contributed by atoms with Crippen LogP contribution in [-0.4, -0.2) is 38.4 Å². The molecule has 2 aromatic heterocycles. The minimum absolute atomic E-state index is 0.797. The van der Waals surface area contributed by atoms with E-state index in [1.807, 2.05) is 6.07 Å². The Hall–Kier alpha value is -2.68. The van der Waals surface area contributed by atoms with Crippen molar-refractivity contribution in [1.82, 2.24) is 9.38 Å². The van der Waals surface area contributed by atoms with Crippen molar-refractivity contribution in [3.8, 4) is 11.3 Å². The Balaban J connectivity index is 0.000000406. The van der Waals surface area contributed by atoms with Crippen LogP contribution in [0.3, 0.4) is 0 Å². The molecule has 1 aromatic carbocycles. The smallest absolute Gasteiger partial charge is 0.475 e. The minimum Gasteiger partial charge on any atom is -0.475 e. The zero-order chi connectivity index (χ0) is 24.6. The highest BCUT2D eigenvalue weighted by atomic mass is 32.2. The first-order valence-electron chi connectivity index (χ1n) is 11.6. The molecular formula is C25H30F3N3O2S. The Labute approximate surface area is 201 Å². The Morgan fingerprint density at radius 3 is 2.44 bits per heavy atom. The minimum atomic E-state index is -5.08. The highest BCUT2D eigenvalue weighted by molar-refractivity contribution is 8.00. The first kappa shape index (κ1) is 25.9. The summed E-state index contributed by atoms with van der Waals surface area (Å²) in [5.74, 6) is -1.65. The maximum absolute atomic E-state index is 10.6. The number of unbranched alkanes of at least 4 members (excludes halogenated alkanes) is 1. The number of carbonyl (C=O) groups is 1. The van der Waals surface area contributed by atoms with E-state index in [1.54, 1.807) is 0 Å². The van der Waals surface area contributed by atoms with Crippen molar-refractivity contribution in [1.29, 1.82) is 0 Å². The number of halogens is 3. The molecule has 0 saturated heterocycles. The fourth-order valence-corrected chi connectivity index (χ4v) is 5.06. The number of hydrogen-bond acceptors (Lipinski definition) is 4. The van der Waals surface area contributed by atoms with E-state index in [4.69, 9.17) is 14.9 Å². The molecule has 34 heavy (non-hydrogen) atoms. The molecule has 0 spiro atoms. The van der Waals surface area contributed by atoms with Gasteiger partial charge in [-0.3, -0.25) is 4.40 Å². The number of imidazole rings is 1. The van der Waals surface area contributed by atoms with Crippen LogP contribution in [0.15, 0.2) is 53.6 Å². The number of alkyl halides is 3. The second-order valence-corrected chi connectivity index (χ2v) is 9.60. The summed E-state index contributed by atoms with van der Waals surface area (Å²) in [6.07, 6.45) is 6.29. The van der Waals surface area contributed by atoms with Crippen LogP contribution < -0.4 is 5.32 Å². The van der Waals surface area contributed by atoms with Gasteiger partial charge in [-0.1, -0.05) is 50.8 Å². The van der Waals surface area contributed by atoms with Gasteiger partial charge in [0.25, 0.3) is 0 Å². The van der Waals surface area contributed by atoms with Crippen LogP contribution >= 0.6 is 11.8 Å². The van der Waals surface area contributed by atoms with Gasteiger partial charge in [-0.25, -0.2) is 9.78 Å². The van der Waals surface area contributed by atoms with Crippen molar-refractivity contribution in [2.24, 2.45) is 0 Å². The van der Waals surface area contributed by atoms with Gasteiger partial charge in [-0.2, -0.15) is 13.2 Å². The first-order chi connectivity index (χ1) is 16.3. The van der Waals surface area contributed by atoms with Gasteiger partial charge in [0.1, 0.15) is 17.2 Å². The monoisotopic (exact) mass is 493 g/mol. The van der Waals surface area contributed by atoms with Gasteiger partial charge in [0, 0.05) is 28.5 Å². The quantitative estimate of drug-likeness (QED) is 0.339.